The Morgan fingerprint density at radius 3 is 2.82 bits per heavy atom. The number of carbonyl (C=O) groups is 1. The number of carboxylic acids is 1. The molecule has 1 unspecified atom stereocenters. The van der Waals surface area contributed by atoms with E-state index in [2.05, 4.69) is 15.2 Å². The molecule has 0 bridgehead atoms. The lowest BCUT2D eigenvalue weighted by Gasteiger charge is -2.29. The molecule has 1 fully saturated rings. The number of carboxylic acid groups (broad SMARTS) is 1. The molecule has 92 valence electrons. The van der Waals surface area contributed by atoms with Gasteiger partial charge in [-0.25, -0.2) is 0 Å². The summed E-state index contributed by atoms with van der Waals surface area (Å²) in [5.41, 5.74) is 0.638. The van der Waals surface area contributed by atoms with E-state index in [0.29, 0.717) is 12.2 Å². The van der Waals surface area contributed by atoms with E-state index in [9.17, 15) is 9.90 Å². The zero-order chi connectivity index (χ0) is 12.1. The van der Waals surface area contributed by atoms with Gasteiger partial charge in [0.15, 0.2) is 0 Å². The van der Waals surface area contributed by atoms with Crippen LogP contribution < -0.4 is 5.32 Å². The highest BCUT2D eigenvalue weighted by molar-refractivity contribution is 5.75. The van der Waals surface area contributed by atoms with Gasteiger partial charge >= 0.3 is 5.97 Å². The quantitative estimate of drug-likeness (QED) is 0.778. The van der Waals surface area contributed by atoms with Crippen molar-refractivity contribution < 1.29 is 9.90 Å². The molecule has 5 nitrogen and oxygen atoms in total. The second kappa shape index (κ2) is 5.75. The average molecular weight is 235 g/mol. The molecule has 1 aromatic rings. The minimum Gasteiger partial charge on any atom is -0.481 e. The van der Waals surface area contributed by atoms with Crippen LogP contribution in [0, 0.1) is 0 Å². The van der Waals surface area contributed by atoms with Crippen molar-refractivity contribution in [1.82, 2.24) is 15.2 Å². The lowest BCUT2D eigenvalue weighted by Crippen LogP contribution is -2.45. The minimum absolute atomic E-state index is 0.533. The summed E-state index contributed by atoms with van der Waals surface area (Å²) in [6.07, 6.45) is 1.64. The number of nitrogens with zero attached hydrogens (tertiary/aromatic N) is 2. The molecular weight excluding hydrogens is 218 g/mol. The topological polar surface area (TPSA) is 65.5 Å². The van der Waals surface area contributed by atoms with Gasteiger partial charge < -0.3 is 10.4 Å². The van der Waals surface area contributed by atoms with Crippen molar-refractivity contribution in [2.75, 3.05) is 32.7 Å². The summed E-state index contributed by atoms with van der Waals surface area (Å²) in [6, 6.07) is 5.41. The third-order valence-electron chi connectivity index (χ3n) is 2.99. The predicted octanol–water partition coefficient (Wildman–Crippen LogP) is 0.155. The Bertz CT molecular complexity index is 363. The van der Waals surface area contributed by atoms with E-state index >= 15 is 0 Å². The summed E-state index contributed by atoms with van der Waals surface area (Å²) in [5.74, 6) is -1.34. The van der Waals surface area contributed by atoms with Crippen LogP contribution in [-0.4, -0.2) is 53.7 Å². The first-order chi connectivity index (χ1) is 8.27. The maximum atomic E-state index is 11.3. The van der Waals surface area contributed by atoms with E-state index in [-0.39, 0.29) is 0 Å². The Balaban J connectivity index is 2.05. The van der Waals surface area contributed by atoms with Gasteiger partial charge in [-0.15, -0.1) is 0 Å². The Kier molecular flexibility index (Phi) is 4.06. The average Bonchev–Trinajstić information content (AvgIpc) is 2.38. The Hall–Kier alpha value is -1.46. The number of piperazine rings is 1. The highest BCUT2D eigenvalue weighted by Gasteiger charge is 2.24. The molecule has 2 rings (SSSR count). The molecule has 0 radical (unpaired) electrons. The highest BCUT2D eigenvalue weighted by atomic mass is 16.4. The van der Waals surface area contributed by atoms with Crippen LogP contribution in [0.4, 0.5) is 0 Å². The van der Waals surface area contributed by atoms with Crippen molar-refractivity contribution in [2.45, 2.75) is 5.92 Å². The number of aliphatic carboxylic acids is 1. The van der Waals surface area contributed by atoms with Crippen LogP contribution in [0.15, 0.2) is 24.4 Å². The van der Waals surface area contributed by atoms with Gasteiger partial charge in [0.2, 0.25) is 0 Å². The molecule has 2 N–H and O–H groups in total. The van der Waals surface area contributed by atoms with Gasteiger partial charge in [0, 0.05) is 38.9 Å². The number of pyridine rings is 1. The molecule has 5 heteroatoms. The standard InChI is InChI=1S/C12H17N3O2/c16-12(17)10(11-3-1-2-4-14-11)9-15-7-5-13-6-8-15/h1-4,10,13H,5-9H2,(H,16,17). The van der Waals surface area contributed by atoms with Gasteiger partial charge in [0.25, 0.3) is 0 Å². The van der Waals surface area contributed by atoms with Crippen molar-refractivity contribution in [3.05, 3.63) is 30.1 Å². The number of hydrogen-bond acceptors (Lipinski definition) is 4. The summed E-state index contributed by atoms with van der Waals surface area (Å²) < 4.78 is 0. The maximum absolute atomic E-state index is 11.3. The second-order valence-corrected chi connectivity index (χ2v) is 4.20. The van der Waals surface area contributed by atoms with E-state index in [0.717, 1.165) is 26.2 Å². The smallest absolute Gasteiger partial charge is 0.313 e. The molecule has 0 aromatic carbocycles. The van der Waals surface area contributed by atoms with Crippen LogP contribution >= 0.6 is 0 Å². The minimum atomic E-state index is -0.803. The monoisotopic (exact) mass is 235 g/mol. The molecule has 0 amide bonds. The molecule has 1 aliphatic rings. The van der Waals surface area contributed by atoms with Gasteiger partial charge in [0.05, 0.1) is 5.69 Å². The number of hydrogen-bond donors (Lipinski definition) is 2. The van der Waals surface area contributed by atoms with Crippen molar-refractivity contribution in [3.63, 3.8) is 0 Å². The predicted molar refractivity (Wildman–Crippen MR) is 63.9 cm³/mol. The molecular formula is C12H17N3O2. The molecule has 1 atom stereocenters. The van der Waals surface area contributed by atoms with Crippen LogP contribution in [0.25, 0.3) is 0 Å². The first kappa shape index (κ1) is 12.0. The molecule has 1 aromatic heterocycles. The van der Waals surface area contributed by atoms with Gasteiger partial charge in [-0.2, -0.15) is 0 Å². The Labute approximate surface area is 100 Å². The summed E-state index contributed by atoms with van der Waals surface area (Å²) in [5, 5.41) is 12.5. The molecule has 1 aliphatic heterocycles. The van der Waals surface area contributed by atoms with Crippen LogP contribution in [-0.2, 0) is 4.79 Å². The summed E-state index contributed by atoms with van der Waals surface area (Å²) in [4.78, 5) is 17.6. The fraction of sp³-hybridized carbons (Fsp3) is 0.500. The Morgan fingerprint density at radius 2 is 2.24 bits per heavy atom. The Morgan fingerprint density at radius 1 is 1.47 bits per heavy atom. The second-order valence-electron chi connectivity index (χ2n) is 4.20. The van der Waals surface area contributed by atoms with Crippen LogP contribution in [0.1, 0.15) is 11.6 Å². The molecule has 2 heterocycles. The number of rotatable bonds is 4. The molecule has 0 saturated carbocycles. The first-order valence-corrected chi connectivity index (χ1v) is 5.84. The number of aromatic nitrogens is 1. The largest absolute Gasteiger partial charge is 0.481 e. The fourth-order valence-corrected chi connectivity index (χ4v) is 2.03. The van der Waals surface area contributed by atoms with Gasteiger partial charge in [-0.1, -0.05) is 6.07 Å². The lowest BCUT2D eigenvalue weighted by atomic mass is 10.0. The molecule has 17 heavy (non-hydrogen) atoms. The summed E-state index contributed by atoms with van der Waals surface area (Å²) >= 11 is 0. The normalized spacial score (nSPS) is 18.8. The lowest BCUT2D eigenvalue weighted by molar-refractivity contribution is -0.139. The van der Waals surface area contributed by atoms with Crippen molar-refractivity contribution >= 4 is 5.97 Å². The van der Waals surface area contributed by atoms with Gasteiger partial charge in [-0.3, -0.25) is 14.7 Å². The summed E-state index contributed by atoms with van der Waals surface area (Å²) in [7, 11) is 0. The molecule has 0 spiro atoms. The van der Waals surface area contributed by atoms with E-state index in [4.69, 9.17) is 0 Å². The SMILES string of the molecule is O=C(O)C(CN1CCNCC1)c1ccccn1. The zero-order valence-electron chi connectivity index (χ0n) is 9.67. The van der Waals surface area contributed by atoms with E-state index in [1.807, 2.05) is 6.07 Å². The van der Waals surface area contributed by atoms with Crippen molar-refractivity contribution in [2.24, 2.45) is 0 Å². The highest BCUT2D eigenvalue weighted by Crippen LogP contribution is 2.15. The summed E-state index contributed by atoms with van der Waals surface area (Å²) in [6.45, 7) is 4.18. The van der Waals surface area contributed by atoms with E-state index in [1.165, 1.54) is 0 Å². The van der Waals surface area contributed by atoms with Crippen molar-refractivity contribution in [1.29, 1.82) is 0 Å². The zero-order valence-corrected chi connectivity index (χ0v) is 9.67. The van der Waals surface area contributed by atoms with Crippen molar-refractivity contribution in [3.8, 4) is 0 Å². The fourth-order valence-electron chi connectivity index (χ4n) is 2.03. The number of nitrogens with one attached hydrogen (secondary N) is 1. The van der Waals surface area contributed by atoms with Gasteiger partial charge in [-0.05, 0) is 12.1 Å². The van der Waals surface area contributed by atoms with E-state index in [1.54, 1.807) is 18.3 Å². The van der Waals surface area contributed by atoms with Crippen LogP contribution in [0.5, 0.6) is 0 Å². The molecule has 1 saturated heterocycles. The van der Waals surface area contributed by atoms with Crippen LogP contribution in [0.2, 0.25) is 0 Å². The van der Waals surface area contributed by atoms with Gasteiger partial charge in [0.1, 0.15) is 5.92 Å². The third kappa shape index (κ3) is 3.25. The third-order valence-corrected chi connectivity index (χ3v) is 2.99. The van der Waals surface area contributed by atoms with E-state index < -0.39 is 11.9 Å². The first-order valence-electron chi connectivity index (χ1n) is 5.84. The maximum Gasteiger partial charge on any atom is 0.313 e. The van der Waals surface area contributed by atoms with Crippen LogP contribution in [0.3, 0.4) is 0 Å². The molecule has 0 aliphatic carbocycles.